The topological polar surface area (TPSA) is 111 Å². The number of carbonyl (C=O) groups is 2. The Labute approximate surface area is 219 Å². The molecule has 2 aromatic carbocycles. The average molecular weight is 519 g/mol. The summed E-state index contributed by atoms with van der Waals surface area (Å²) >= 11 is 0. The molecule has 0 aliphatic carbocycles. The highest BCUT2D eigenvalue weighted by Crippen LogP contribution is 2.39. The predicted octanol–water partition coefficient (Wildman–Crippen LogP) is 2.56. The summed E-state index contributed by atoms with van der Waals surface area (Å²) in [5.41, 5.74) is 3.67. The Morgan fingerprint density at radius 2 is 1.55 bits per heavy atom. The van der Waals surface area contributed by atoms with Gasteiger partial charge in [0.2, 0.25) is 0 Å². The van der Waals surface area contributed by atoms with Crippen molar-refractivity contribution in [1.82, 2.24) is 13.7 Å². The van der Waals surface area contributed by atoms with Crippen LogP contribution < -0.4 is 10.4 Å². The smallest absolute Gasteiger partial charge is 0.328 e. The molecule has 38 heavy (non-hydrogen) atoms. The van der Waals surface area contributed by atoms with Gasteiger partial charge in [-0.3, -0.25) is 18.7 Å². The lowest BCUT2D eigenvalue weighted by atomic mass is 9.84. The molecule has 0 spiro atoms. The largest absolute Gasteiger partial charge is 0.711 e. The van der Waals surface area contributed by atoms with E-state index in [1.54, 1.807) is 39.2 Å². The highest BCUT2D eigenvalue weighted by molar-refractivity contribution is 5.98. The van der Waals surface area contributed by atoms with E-state index in [4.69, 9.17) is 9.47 Å². The summed E-state index contributed by atoms with van der Waals surface area (Å²) in [7, 11) is 3.32. The number of aromatic nitrogens is 4. The Kier molecular flexibility index (Phi) is 5.93. The molecule has 4 aromatic rings. The number of benzene rings is 2. The van der Waals surface area contributed by atoms with Crippen LogP contribution in [0.25, 0.3) is 11.0 Å². The first-order valence-corrected chi connectivity index (χ1v) is 12.4. The minimum absolute atomic E-state index is 0.211. The summed E-state index contributed by atoms with van der Waals surface area (Å²) in [6.45, 7) is 6.86. The fourth-order valence-electron chi connectivity index (χ4n) is 5.26. The van der Waals surface area contributed by atoms with Crippen molar-refractivity contribution in [3.8, 4) is 0 Å². The van der Waals surface area contributed by atoms with E-state index in [2.05, 4.69) is 0 Å². The Morgan fingerprint density at radius 3 is 2.18 bits per heavy atom. The molecule has 0 radical (unpaired) electrons. The van der Waals surface area contributed by atoms with Crippen LogP contribution in [0.5, 0.6) is 0 Å². The molecule has 2 aromatic heterocycles. The van der Waals surface area contributed by atoms with Crippen molar-refractivity contribution in [2.75, 3.05) is 0 Å². The number of rotatable bonds is 5. The second kappa shape index (κ2) is 8.90. The van der Waals surface area contributed by atoms with E-state index in [1.165, 1.54) is 23.0 Å². The van der Waals surface area contributed by atoms with Crippen LogP contribution in [0.3, 0.4) is 0 Å². The molecule has 3 heterocycles. The third kappa shape index (κ3) is 3.96. The third-order valence-corrected chi connectivity index (χ3v) is 7.37. The Morgan fingerprint density at radius 1 is 0.947 bits per heavy atom. The van der Waals surface area contributed by atoms with Crippen LogP contribution in [0.1, 0.15) is 48.1 Å². The first kappa shape index (κ1) is 25.3. The molecule has 5 rings (SSSR count). The summed E-state index contributed by atoms with van der Waals surface area (Å²) in [6, 6.07) is 14.8. The van der Waals surface area contributed by atoms with Crippen molar-refractivity contribution in [3.05, 3.63) is 92.6 Å². The molecule has 1 atom stereocenters. The molecule has 0 bridgehead atoms. The number of fused-ring (bicyclic) bond motifs is 1. The van der Waals surface area contributed by atoms with Gasteiger partial charge in [0.15, 0.2) is 5.92 Å². The van der Waals surface area contributed by atoms with E-state index in [-0.39, 0.29) is 11.5 Å². The monoisotopic (exact) mass is 518 g/mol. The normalized spacial score (nSPS) is 16.5. The van der Waals surface area contributed by atoms with Gasteiger partial charge in [0.1, 0.15) is 23.9 Å². The molecule has 0 unspecified atom stereocenters. The zero-order valence-corrected chi connectivity index (χ0v) is 22.2. The molecule has 0 amide bonds. The predicted molar refractivity (Wildman–Crippen MR) is 138 cm³/mol. The summed E-state index contributed by atoms with van der Waals surface area (Å²) in [5.74, 6) is -5.23. The summed E-state index contributed by atoms with van der Waals surface area (Å²) in [5, 5.41) is 13.7. The molecule has 0 N–H and O–H groups in total. The maximum absolute atomic E-state index is 13.7. The fourth-order valence-corrected chi connectivity index (χ4v) is 5.26. The van der Waals surface area contributed by atoms with E-state index in [0.717, 1.165) is 10.3 Å². The van der Waals surface area contributed by atoms with Crippen LogP contribution in [0.2, 0.25) is 0 Å². The van der Waals surface area contributed by atoms with Gasteiger partial charge in [-0.05, 0) is 23.3 Å². The first-order chi connectivity index (χ1) is 17.9. The van der Waals surface area contributed by atoms with Gasteiger partial charge in [-0.1, -0.05) is 36.4 Å². The van der Waals surface area contributed by atoms with E-state index >= 15 is 0 Å². The van der Waals surface area contributed by atoms with Crippen LogP contribution >= 0.6 is 0 Å². The molecule has 1 saturated heterocycles. The van der Waals surface area contributed by atoms with Crippen LogP contribution in [0, 0.1) is 25.0 Å². The molecule has 0 saturated carbocycles. The molecule has 1 aliphatic heterocycles. The molecule has 1 fully saturated rings. The van der Waals surface area contributed by atoms with Gasteiger partial charge >= 0.3 is 17.6 Å². The lowest BCUT2D eigenvalue weighted by Crippen LogP contribution is -2.50. The summed E-state index contributed by atoms with van der Waals surface area (Å²) < 4.78 is 16.6. The van der Waals surface area contributed by atoms with Crippen LogP contribution in [-0.4, -0.2) is 31.4 Å². The lowest BCUT2D eigenvalue weighted by molar-refractivity contribution is -0.621. The van der Waals surface area contributed by atoms with Crippen molar-refractivity contribution in [2.45, 2.75) is 45.9 Å². The number of nitrogens with zero attached hydrogens (tertiary/aromatic N) is 4. The third-order valence-electron chi connectivity index (χ3n) is 7.37. The van der Waals surface area contributed by atoms with E-state index < -0.39 is 29.6 Å². The lowest BCUT2D eigenvalue weighted by Gasteiger charge is -2.35. The van der Waals surface area contributed by atoms with E-state index in [0.29, 0.717) is 34.5 Å². The minimum atomic E-state index is -1.43. The number of cyclic esters (lactones) is 2. The van der Waals surface area contributed by atoms with Crippen LogP contribution in [0.4, 0.5) is 0 Å². The quantitative estimate of drug-likeness (QED) is 0.174. The number of ether oxygens (including phenoxy) is 2. The van der Waals surface area contributed by atoms with Crippen LogP contribution in [0.15, 0.2) is 53.3 Å². The summed E-state index contributed by atoms with van der Waals surface area (Å²) in [4.78, 5) is 39.3. The number of imidazole rings is 2. The number of carbonyl (C=O) groups excluding carboxylic acids is 2. The SMILES string of the molecule is Cc1c(C)[n+]([O-])c([C@@H](c2ccc3c(c2)n(C)c(=O)n3C)C2C(=O)OC(C)(C)OC2=O)n1Cc1ccccc1. The van der Waals surface area contributed by atoms with Gasteiger partial charge in [0, 0.05) is 41.8 Å². The Balaban J connectivity index is 1.78. The Bertz CT molecular complexity index is 1620. The number of hydrogen-bond acceptors (Lipinski definition) is 6. The van der Waals surface area contributed by atoms with Crippen molar-refractivity contribution in [3.63, 3.8) is 0 Å². The number of aryl methyl sites for hydroxylation is 2. The van der Waals surface area contributed by atoms with Gasteiger partial charge in [-0.15, -0.1) is 0 Å². The zero-order chi connectivity index (χ0) is 27.5. The van der Waals surface area contributed by atoms with Crippen molar-refractivity contribution >= 4 is 23.0 Å². The molecular weight excluding hydrogens is 488 g/mol. The van der Waals surface area contributed by atoms with Crippen molar-refractivity contribution < 1.29 is 23.8 Å². The number of hydrogen-bond donors (Lipinski definition) is 0. The Hall–Kier alpha value is -4.34. The number of esters is 2. The molecule has 198 valence electrons. The van der Waals surface area contributed by atoms with Crippen molar-refractivity contribution in [2.24, 2.45) is 20.0 Å². The fraction of sp³-hybridized carbons (Fsp3) is 0.357. The van der Waals surface area contributed by atoms with E-state index in [9.17, 15) is 19.6 Å². The highest BCUT2D eigenvalue weighted by atomic mass is 16.7. The van der Waals surface area contributed by atoms with Crippen LogP contribution in [-0.2, 0) is 39.7 Å². The molecular formula is C28H30N4O6. The van der Waals surface area contributed by atoms with Gasteiger partial charge in [-0.2, -0.15) is 0 Å². The second-order valence-electron chi connectivity index (χ2n) is 10.2. The highest BCUT2D eigenvalue weighted by Gasteiger charge is 2.52. The van der Waals surface area contributed by atoms with Gasteiger partial charge in [-0.25, -0.2) is 14.1 Å². The van der Waals surface area contributed by atoms with Crippen molar-refractivity contribution in [1.29, 1.82) is 0 Å². The average Bonchev–Trinajstić information content (AvgIpc) is 3.20. The standard InChI is InChI=1S/C28H30N4O6/c1-16-17(2)32(36)24(31(16)15-18-10-8-7-9-11-18)22(23-25(33)37-28(3,4)38-26(23)34)19-12-13-20-21(14-19)30(6)27(35)29(20)5/h7-14,22-23H,15H2,1-6H3/t22-/m0/s1. The van der Waals surface area contributed by atoms with Gasteiger partial charge < -0.3 is 14.7 Å². The minimum Gasteiger partial charge on any atom is -0.711 e. The second-order valence-corrected chi connectivity index (χ2v) is 10.2. The summed E-state index contributed by atoms with van der Waals surface area (Å²) in [6.07, 6.45) is 0. The zero-order valence-electron chi connectivity index (χ0n) is 22.2. The maximum atomic E-state index is 13.7. The first-order valence-electron chi connectivity index (χ1n) is 12.4. The van der Waals surface area contributed by atoms with Gasteiger partial charge in [0.05, 0.1) is 11.0 Å². The molecule has 1 aliphatic rings. The van der Waals surface area contributed by atoms with E-state index in [1.807, 2.05) is 41.8 Å². The molecule has 10 heteroatoms. The van der Waals surface area contributed by atoms with Gasteiger partial charge in [0.25, 0.3) is 11.6 Å². The molecule has 10 nitrogen and oxygen atoms in total. The maximum Gasteiger partial charge on any atom is 0.328 e.